The number of benzene rings is 1. The van der Waals surface area contributed by atoms with E-state index < -0.39 is 0 Å². The first-order chi connectivity index (χ1) is 12.2. The third-order valence-electron chi connectivity index (χ3n) is 4.54. The average Bonchev–Trinajstić information content (AvgIpc) is 2.98. The molecule has 1 atom stereocenters. The summed E-state index contributed by atoms with van der Waals surface area (Å²) in [5.74, 6) is 0.569. The average molecular weight is 434 g/mol. The highest BCUT2D eigenvalue weighted by atomic mass is 79.9. The molecule has 0 radical (unpaired) electrons. The molecule has 1 aliphatic carbocycles. The zero-order valence-corrected chi connectivity index (χ0v) is 16.8. The number of hydrogen-bond acceptors (Lipinski definition) is 3. The summed E-state index contributed by atoms with van der Waals surface area (Å²) in [6.07, 6.45) is 8.02. The Morgan fingerprint density at radius 2 is 2.08 bits per heavy atom. The molecule has 1 aliphatic rings. The molecule has 0 fully saturated rings. The van der Waals surface area contributed by atoms with Gasteiger partial charge in [0.05, 0.1) is 20.4 Å². The highest BCUT2D eigenvalue weighted by Crippen LogP contribution is 2.45. The Morgan fingerprint density at radius 3 is 2.84 bits per heavy atom. The van der Waals surface area contributed by atoms with Crippen molar-refractivity contribution < 1.29 is 0 Å². The van der Waals surface area contributed by atoms with Crippen molar-refractivity contribution in [3.8, 4) is 0 Å². The summed E-state index contributed by atoms with van der Waals surface area (Å²) >= 11 is 11.9. The summed E-state index contributed by atoms with van der Waals surface area (Å²) in [6.45, 7) is 0.771. The molecule has 0 amide bonds. The van der Waals surface area contributed by atoms with Crippen molar-refractivity contribution in [2.45, 2.75) is 31.7 Å². The number of fused-ring (bicyclic) bond motifs is 1. The summed E-state index contributed by atoms with van der Waals surface area (Å²) in [5, 5.41) is 4.06. The maximum absolute atomic E-state index is 6.29. The van der Waals surface area contributed by atoms with E-state index in [4.69, 9.17) is 11.6 Å². The zero-order chi connectivity index (χ0) is 17.2. The quantitative estimate of drug-likeness (QED) is 0.349. The molecule has 5 heteroatoms. The largest absolute Gasteiger partial charge is 0.380 e. The van der Waals surface area contributed by atoms with Crippen molar-refractivity contribution >= 4 is 54.8 Å². The molecule has 0 spiro atoms. The molecule has 2 heterocycles. The van der Waals surface area contributed by atoms with Gasteiger partial charge >= 0.3 is 0 Å². The lowest BCUT2D eigenvalue weighted by Crippen LogP contribution is -1.99. The molecule has 128 valence electrons. The summed E-state index contributed by atoms with van der Waals surface area (Å²) in [4.78, 5) is 5.96. The molecular weight excluding hydrogens is 416 g/mol. The van der Waals surface area contributed by atoms with Crippen molar-refractivity contribution in [2.75, 3.05) is 5.32 Å². The number of allylic oxidation sites excluding steroid dienone is 2. The van der Waals surface area contributed by atoms with Gasteiger partial charge in [0.2, 0.25) is 0 Å². The maximum Gasteiger partial charge on any atom is 0.131 e. The molecule has 4 rings (SSSR count). The van der Waals surface area contributed by atoms with Gasteiger partial charge in [0.25, 0.3) is 0 Å². The fourth-order valence-corrected chi connectivity index (χ4v) is 5.70. The molecule has 0 saturated heterocycles. The fourth-order valence-electron chi connectivity index (χ4n) is 3.24. The molecule has 1 N–H and O–H groups in total. The van der Waals surface area contributed by atoms with Crippen LogP contribution in [0.4, 0.5) is 5.69 Å². The maximum atomic E-state index is 6.29. The van der Waals surface area contributed by atoms with Crippen LogP contribution in [-0.2, 0) is 6.54 Å². The van der Waals surface area contributed by atoms with E-state index in [-0.39, 0.29) is 0 Å². The first-order valence-electron chi connectivity index (χ1n) is 8.43. The number of pyridine rings is 1. The smallest absolute Gasteiger partial charge is 0.131 e. The van der Waals surface area contributed by atoms with Crippen molar-refractivity contribution in [1.82, 2.24) is 4.98 Å². The van der Waals surface area contributed by atoms with Crippen LogP contribution in [0.2, 0.25) is 5.15 Å². The van der Waals surface area contributed by atoms with E-state index in [2.05, 4.69) is 62.6 Å². The van der Waals surface area contributed by atoms with E-state index in [1.54, 1.807) is 0 Å². The highest BCUT2D eigenvalue weighted by Gasteiger charge is 2.22. The Hall–Kier alpha value is -1.36. The van der Waals surface area contributed by atoms with Gasteiger partial charge in [-0.05, 0) is 46.7 Å². The van der Waals surface area contributed by atoms with E-state index in [1.165, 1.54) is 21.6 Å². The normalized spacial score (nSPS) is 17.1. The molecule has 1 unspecified atom stereocenters. The predicted octanol–water partition coefficient (Wildman–Crippen LogP) is 7.15. The Balaban J connectivity index is 1.70. The van der Waals surface area contributed by atoms with E-state index >= 15 is 0 Å². The number of aromatic nitrogens is 1. The molecule has 0 bridgehead atoms. The highest BCUT2D eigenvalue weighted by molar-refractivity contribution is 9.10. The minimum Gasteiger partial charge on any atom is -0.380 e. The molecule has 0 aliphatic heterocycles. The fraction of sp³-hybridized carbons (Fsp3) is 0.250. The van der Waals surface area contributed by atoms with E-state index in [1.807, 2.05) is 23.5 Å². The van der Waals surface area contributed by atoms with Crippen LogP contribution in [0, 0.1) is 0 Å². The number of rotatable bonds is 4. The molecule has 0 saturated carbocycles. The summed E-state index contributed by atoms with van der Waals surface area (Å²) in [6, 6.07) is 12.3. The monoisotopic (exact) mass is 432 g/mol. The molecule has 25 heavy (non-hydrogen) atoms. The lowest BCUT2D eigenvalue weighted by molar-refractivity contribution is 0.625. The third-order valence-corrected chi connectivity index (χ3v) is 7.18. The van der Waals surface area contributed by atoms with Crippen molar-refractivity contribution in [3.63, 3.8) is 0 Å². The van der Waals surface area contributed by atoms with Crippen LogP contribution in [0.15, 0.2) is 53.0 Å². The first kappa shape index (κ1) is 17.1. The lowest BCUT2D eigenvalue weighted by Gasteiger charge is -2.16. The lowest BCUT2D eigenvalue weighted by atomic mass is 9.93. The van der Waals surface area contributed by atoms with Gasteiger partial charge < -0.3 is 5.32 Å². The number of nitrogens with zero attached hydrogens (tertiary/aromatic N) is 1. The van der Waals surface area contributed by atoms with E-state index in [0.717, 1.165) is 35.1 Å². The van der Waals surface area contributed by atoms with Gasteiger partial charge in [0.1, 0.15) is 5.15 Å². The van der Waals surface area contributed by atoms with Crippen LogP contribution >= 0.6 is 38.9 Å². The van der Waals surface area contributed by atoms with Gasteiger partial charge in [-0.1, -0.05) is 54.1 Å². The van der Waals surface area contributed by atoms with Crippen LogP contribution < -0.4 is 5.32 Å². The minimum absolute atomic E-state index is 0.525. The second-order valence-corrected chi connectivity index (χ2v) is 8.50. The summed E-state index contributed by atoms with van der Waals surface area (Å²) in [7, 11) is 0. The SMILES string of the molecule is Clc1cc(NCc2ccccc2)c2sc(C3CC=CCC3)c(Br)c2n1. The van der Waals surface area contributed by atoms with E-state index in [9.17, 15) is 0 Å². The molecule has 1 aromatic carbocycles. The number of halogens is 2. The van der Waals surface area contributed by atoms with E-state index in [0.29, 0.717) is 11.1 Å². The minimum atomic E-state index is 0.525. The number of anilines is 1. The zero-order valence-electron chi connectivity index (χ0n) is 13.6. The Morgan fingerprint density at radius 1 is 1.24 bits per heavy atom. The van der Waals surface area contributed by atoms with Gasteiger partial charge in [-0.2, -0.15) is 0 Å². The number of hydrogen-bond donors (Lipinski definition) is 1. The van der Waals surface area contributed by atoms with Crippen LogP contribution in [0.5, 0.6) is 0 Å². The van der Waals surface area contributed by atoms with Gasteiger partial charge in [-0.15, -0.1) is 11.3 Å². The summed E-state index contributed by atoms with van der Waals surface area (Å²) in [5.41, 5.74) is 3.27. The first-order valence-corrected chi connectivity index (χ1v) is 10.4. The van der Waals surface area contributed by atoms with Crippen molar-refractivity contribution in [3.05, 3.63) is 68.6 Å². The second kappa shape index (κ2) is 7.48. The second-order valence-electron chi connectivity index (χ2n) is 6.27. The van der Waals surface area contributed by atoms with Gasteiger partial charge in [0, 0.05) is 17.5 Å². The number of thiophene rings is 1. The molecule has 3 aromatic rings. The summed E-state index contributed by atoms with van der Waals surface area (Å²) < 4.78 is 2.29. The Bertz CT molecular complexity index is 920. The van der Waals surface area contributed by atoms with Crippen molar-refractivity contribution in [1.29, 1.82) is 0 Å². The molecular formula is C20H18BrClN2S. The Labute approximate surface area is 165 Å². The van der Waals surface area contributed by atoms with Gasteiger partial charge in [0.15, 0.2) is 0 Å². The van der Waals surface area contributed by atoms with Crippen LogP contribution in [0.1, 0.15) is 35.6 Å². The van der Waals surface area contributed by atoms with Crippen molar-refractivity contribution in [2.24, 2.45) is 0 Å². The van der Waals surface area contributed by atoms with Gasteiger partial charge in [-0.3, -0.25) is 0 Å². The van der Waals surface area contributed by atoms with Gasteiger partial charge in [-0.25, -0.2) is 4.98 Å². The topological polar surface area (TPSA) is 24.9 Å². The predicted molar refractivity (Wildman–Crippen MR) is 112 cm³/mol. The standard InChI is InChI=1S/C20H18BrClN2S/c21-17-18-20(25-19(17)14-9-5-2-6-10-14)15(11-16(22)24-18)23-12-13-7-3-1-4-8-13/h1-5,7-8,11,14H,6,9-10,12H2,(H,23,24). The number of nitrogens with one attached hydrogen (secondary N) is 1. The molecule has 2 aromatic heterocycles. The molecule has 2 nitrogen and oxygen atoms in total. The van der Waals surface area contributed by atoms with Crippen LogP contribution in [0.25, 0.3) is 10.2 Å². The Kier molecular flexibility index (Phi) is 5.11. The van der Waals surface area contributed by atoms with Crippen LogP contribution in [0.3, 0.4) is 0 Å². The third kappa shape index (κ3) is 3.62. The van der Waals surface area contributed by atoms with Crippen LogP contribution in [-0.4, -0.2) is 4.98 Å².